The third kappa shape index (κ3) is 3.39. The maximum Gasteiger partial charge on any atom is 0.165 e. The smallest absolute Gasteiger partial charge is 0.165 e. The van der Waals surface area contributed by atoms with Crippen molar-refractivity contribution in [2.75, 3.05) is 20.3 Å². The van der Waals surface area contributed by atoms with Crippen LogP contribution in [0.3, 0.4) is 0 Å². The molecule has 1 aromatic rings. The second-order valence-corrected chi connectivity index (χ2v) is 5.59. The van der Waals surface area contributed by atoms with Gasteiger partial charge < -0.3 is 19.9 Å². The van der Waals surface area contributed by atoms with Crippen molar-refractivity contribution in [3.8, 4) is 11.5 Å². The largest absolute Gasteiger partial charge is 0.488 e. The molecule has 4 nitrogen and oxygen atoms in total. The van der Waals surface area contributed by atoms with E-state index in [1.807, 2.05) is 19.2 Å². The number of para-hydroxylation sites is 1. The Kier molecular flexibility index (Phi) is 4.32. The monoisotopic (exact) mass is 265 g/mol. The molecule has 0 aromatic heterocycles. The van der Waals surface area contributed by atoms with E-state index in [1.54, 1.807) is 0 Å². The molecule has 1 aliphatic rings. The zero-order valence-corrected chi connectivity index (χ0v) is 11.9. The summed E-state index contributed by atoms with van der Waals surface area (Å²) in [6, 6.07) is 6.17. The first-order valence-corrected chi connectivity index (χ1v) is 6.77. The lowest BCUT2D eigenvalue weighted by Gasteiger charge is -2.20. The van der Waals surface area contributed by atoms with E-state index < -0.39 is 0 Å². The number of ether oxygens (including phenoxy) is 2. The van der Waals surface area contributed by atoms with E-state index in [2.05, 4.69) is 25.2 Å². The van der Waals surface area contributed by atoms with Crippen LogP contribution in [-0.4, -0.2) is 37.0 Å². The quantitative estimate of drug-likeness (QED) is 0.823. The molecule has 0 spiro atoms. The van der Waals surface area contributed by atoms with Crippen molar-refractivity contribution in [1.29, 1.82) is 0 Å². The van der Waals surface area contributed by atoms with Crippen LogP contribution in [0.2, 0.25) is 0 Å². The van der Waals surface area contributed by atoms with Crippen molar-refractivity contribution >= 4 is 0 Å². The minimum absolute atomic E-state index is 0.148. The van der Waals surface area contributed by atoms with Crippen molar-refractivity contribution < 1.29 is 14.6 Å². The van der Waals surface area contributed by atoms with Crippen molar-refractivity contribution in [3.05, 3.63) is 23.8 Å². The maximum atomic E-state index is 8.97. The van der Waals surface area contributed by atoms with Crippen molar-refractivity contribution in [1.82, 2.24) is 5.32 Å². The van der Waals surface area contributed by atoms with Gasteiger partial charge in [-0.2, -0.15) is 0 Å². The summed E-state index contributed by atoms with van der Waals surface area (Å²) in [6.45, 7) is 4.85. The second-order valence-electron chi connectivity index (χ2n) is 5.59. The summed E-state index contributed by atoms with van der Waals surface area (Å²) in [5, 5.41) is 12.1. The van der Waals surface area contributed by atoms with Gasteiger partial charge in [-0.3, -0.25) is 0 Å². The lowest BCUT2D eigenvalue weighted by molar-refractivity contribution is 0.130. The number of hydrogen-bond donors (Lipinski definition) is 2. The summed E-state index contributed by atoms with van der Waals surface area (Å²) in [4.78, 5) is 0. The molecule has 2 N–H and O–H groups in total. The maximum absolute atomic E-state index is 8.97. The average Bonchev–Trinajstić information content (AvgIpc) is 2.68. The van der Waals surface area contributed by atoms with Gasteiger partial charge in [-0.1, -0.05) is 12.1 Å². The zero-order chi connectivity index (χ0) is 13.9. The van der Waals surface area contributed by atoms with Gasteiger partial charge in [-0.15, -0.1) is 0 Å². The first-order valence-electron chi connectivity index (χ1n) is 6.77. The van der Waals surface area contributed by atoms with Crippen LogP contribution in [0.15, 0.2) is 18.2 Å². The van der Waals surface area contributed by atoms with Crippen molar-refractivity contribution in [2.45, 2.75) is 38.3 Å². The molecule has 0 bridgehead atoms. The molecule has 1 aliphatic heterocycles. The Morgan fingerprint density at radius 2 is 2.26 bits per heavy atom. The van der Waals surface area contributed by atoms with Crippen LogP contribution in [0.25, 0.3) is 0 Å². The van der Waals surface area contributed by atoms with Crippen LogP contribution in [0, 0.1) is 0 Å². The van der Waals surface area contributed by atoms with Gasteiger partial charge in [0.15, 0.2) is 11.5 Å². The summed E-state index contributed by atoms with van der Waals surface area (Å²) < 4.78 is 11.8. The summed E-state index contributed by atoms with van der Waals surface area (Å²) >= 11 is 0. The molecular weight excluding hydrogens is 242 g/mol. The summed E-state index contributed by atoms with van der Waals surface area (Å²) in [6.07, 6.45) is 1.59. The Bertz CT molecular complexity index is 431. The van der Waals surface area contributed by atoms with E-state index in [9.17, 15) is 0 Å². The number of fused-ring (bicyclic) bond motifs is 1. The molecule has 2 rings (SSSR count). The fourth-order valence-electron chi connectivity index (χ4n) is 2.36. The molecule has 106 valence electrons. The third-order valence-electron chi connectivity index (χ3n) is 3.38. The Labute approximate surface area is 114 Å². The number of nitrogens with one attached hydrogen (secondary N) is 1. The Morgan fingerprint density at radius 3 is 2.95 bits per heavy atom. The zero-order valence-electron chi connectivity index (χ0n) is 11.9. The molecule has 1 unspecified atom stereocenters. The van der Waals surface area contributed by atoms with Gasteiger partial charge in [-0.05, 0) is 33.4 Å². The highest BCUT2D eigenvalue weighted by atomic mass is 16.5. The SMILES string of the molecule is CNC(CCO)COc1cccc2c1OC(C)(C)C2. The van der Waals surface area contributed by atoms with Crippen LogP contribution in [0.5, 0.6) is 11.5 Å². The molecule has 1 heterocycles. The first kappa shape index (κ1) is 14.2. The van der Waals surface area contributed by atoms with Gasteiger partial charge in [0.2, 0.25) is 0 Å². The molecule has 0 saturated carbocycles. The molecule has 4 heteroatoms. The predicted octanol–water partition coefficient (Wildman–Crippen LogP) is 1.75. The van der Waals surface area contributed by atoms with E-state index >= 15 is 0 Å². The minimum Gasteiger partial charge on any atom is -0.488 e. The van der Waals surface area contributed by atoms with Crippen LogP contribution in [0.1, 0.15) is 25.8 Å². The van der Waals surface area contributed by atoms with Gasteiger partial charge in [0.1, 0.15) is 12.2 Å². The van der Waals surface area contributed by atoms with E-state index in [-0.39, 0.29) is 18.2 Å². The highest BCUT2D eigenvalue weighted by Crippen LogP contribution is 2.41. The van der Waals surface area contributed by atoms with Crippen LogP contribution < -0.4 is 14.8 Å². The number of aliphatic hydroxyl groups excluding tert-OH is 1. The van der Waals surface area contributed by atoms with Crippen molar-refractivity contribution in [3.63, 3.8) is 0 Å². The predicted molar refractivity (Wildman–Crippen MR) is 74.9 cm³/mol. The number of aliphatic hydroxyl groups is 1. The molecule has 0 amide bonds. The topological polar surface area (TPSA) is 50.7 Å². The first-order chi connectivity index (χ1) is 9.05. The molecule has 0 saturated heterocycles. The fourth-order valence-corrected chi connectivity index (χ4v) is 2.36. The average molecular weight is 265 g/mol. The van der Waals surface area contributed by atoms with Crippen molar-refractivity contribution in [2.24, 2.45) is 0 Å². The number of rotatable bonds is 6. The van der Waals surface area contributed by atoms with Gasteiger partial charge >= 0.3 is 0 Å². The standard InChI is InChI=1S/C15H23NO3/c1-15(2)9-11-5-4-6-13(14(11)19-15)18-10-12(16-3)7-8-17/h4-6,12,16-17H,7-10H2,1-3H3. The molecule has 1 atom stereocenters. The van der Waals surface area contributed by atoms with Crippen LogP contribution >= 0.6 is 0 Å². The number of hydrogen-bond acceptors (Lipinski definition) is 4. The molecule has 0 aliphatic carbocycles. The molecule has 19 heavy (non-hydrogen) atoms. The van der Waals surface area contributed by atoms with E-state index in [1.165, 1.54) is 5.56 Å². The lowest BCUT2D eigenvalue weighted by atomic mass is 10.0. The summed E-state index contributed by atoms with van der Waals surface area (Å²) in [7, 11) is 1.87. The van der Waals surface area contributed by atoms with Gasteiger partial charge in [-0.25, -0.2) is 0 Å². The van der Waals surface area contributed by atoms with Crippen LogP contribution in [-0.2, 0) is 6.42 Å². The Balaban J connectivity index is 2.05. The third-order valence-corrected chi connectivity index (χ3v) is 3.38. The molecular formula is C15H23NO3. The molecule has 1 aromatic carbocycles. The van der Waals surface area contributed by atoms with Gasteiger partial charge in [0, 0.05) is 24.6 Å². The number of likely N-dealkylation sites (N-methyl/N-ethyl adjacent to an activating group) is 1. The molecule has 0 radical (unpaired) electrons. The van der Waals surface area contributed by atoms with Gasteiger partial charge in [0.05, 0.1) is 0 Å². The van der Waals surface area contributed by atoms with E-state index in [0.29, 0.717) is 13.0 Å². The highest BCUT2D eigenvalue weighted by Gasteiger charge is 2.32. The second kappa shape index (κ2) is 5.80. The fraction of sp³-hybridized carbons (Fsp3) is 0.600. The minimum atomic E-state index is -0.157. The normalized spacial score (nSPS) is 17.7. The molecule has 0 fully saturated rings. The summed E-state index contributed by atoms with van der Waals surface area (Å²) in [5.74, 6) is 1.66. The lowest BCUT2D eigenvalue weighted by Crippen LogP contribution is -2.32. The van der Waals surface area contributed by atoms with E-state index in [4.69, 9.17) is 14.6 Å². The van der Waals surface area contributed by atoms with Gasteiger partial charge in [0.25, 0.3) is 0 Å². The Morgan fingerprint density at radius 1 is 1.47 bits per heavy atom. The van der Waals surface area contributed by atoms with Crippen LogP contribution in [0.4, 0.5) is 0 Å². The highest BCUT2D eigenvalue weighted by molar-refractivity contribution is 5.50. The van der Waals surface area contributed by atoms with E-state index in [0.717, 1.165) is 17.9 Å². The number of benzene rings is 1. The summed E-state index contributed by atoms with van der Waals surface area (Å²) in [5.41, 5.74) is 1.04. The Hall–Kier alpha value is -1.26.